The van der Waals surface area contributed by atoms with Gasteiger partial charge in [-0.1, -0.05) is 6.07 Å². The summed E-state index contributed by atoms with van der Waals surface area (Å²) in [5, 5.41) is 0. The Morgan fingerprint density at radius 3 is 2.63 bits per heavy atom. The molecule has 2 heterocycles. The van der Waals surface area contributed by atoms with Crippen LogP contribution in [0.15, 0.2) is 12.1 Å². The van der Waals surface area contributed by atoms with Crippen molar-refractivity contribution < 1.29 is 4.74 Å². The van der Waals surface area contributed by atoms with Gasteiger partial charge in [0.25, 0.3) is 0 Å². The minimum absolute atomic E-state index is 0.703. The maximum Gasteiger partial charge on any atom is 0.146 e. The van der Waals surface area contributed by atoms with E-state index in [1.165, 1.54) is 37.1 Å². The fourth-order valence-electron chi connectivity index (χ4n) is 3.35. The second-order valence-electron chi connectivity index (χ2n) is 5.77. The molecule has 3 rings (SSSR count). The van der Waals surface area contributed by atoms with Gasteiger partial charge in [0, 0.05) is 24.7 Å². The number of ether oxygens (including phenoxy) is 1. The molecule has 0 spiro atoms. The van der Waals surface area contributed by atoms with Crippen LogP contribution >= 0.6 is 0 Å². The van der Waals surface area contributed by atoms with Gasteiger partial charge in [0.15, 0.2) is 0 Å². The van der Waals surface area contributed by atoms with Gasteiger partial charge in [-0.15, -0.1) is 0 Å². The Kier molecular flexibility index (Phi) is 3.37. The molecular formula is C15H23N3O. The first kappa shape index (κ1) is 12.8. The van der Waals surface area contributed by atoms with Gasteiger partial charge < -0.3 is 15.4 Å². The zero-order valence-corrected chi connectivity index (χ0v) is 11.9. The summed E-state index contributed by atoms with van der Waals surface area (Å²) in [6.07, 6.45) is 2.53. The van der Waals surface area contributed by atoms with Gasteiger partial charge in [0.2, 0.25) is 0 Å². The van der Waals surface area contributed by atoms with Crippen molar-refractivity contribution in [1.29, 1.82) is 0 Å². The van der Waals surface area contributed by atoms with Crippen LogP contribution in [0.3, 0.4) is 0 Å². The number of nitrogens with two attached hydrogens (primary N) is 1. The molecule has 2 N–H and O–H groups in total. The van der Waals surface area contributed by atoms with Gasteiger partial charge in [0.05, 0.1) is 12.8 Å². The summed E-state index contributed by atoms with van der Waals surface area (Å²) >= 11 is 0. The molecule has 0 saturated carbocycles. The van der Waals surface area contributed by atoms with E-state index in [-0.39, 0.29) is 0 Å². The average Bonchev–Trinajstić information content (AvgIpc) is 2.83. The molecule has 0 aromatic heterocycles. The fraction of sp³-hybridized carbons (Fsp3) is 0.600. The van der Waals surface area contributed by atoms with E-state index in [1.807, 2.05) is 6.07 Å². The van der Waals surface area contributed by atoms with E-state index in [2.05, 4.69) is 22.9 Å². The number of anilines is 1. The summed E-state index contributed by atoms with van der Waals surface area (Å²) in [6, 6.07) is 4.83. The number of rotatable bonds is 2. The van der Waals surface area contributed by atoms with Gasteiger partial charge >= 0.3 is 0 Å². The minimum Gasteiger partial charge on any atom is -0.494 e. The van der Waals surface area contributed by atoms with Crippen LogP contribution in [0.4, 0.5) is 5.69 Å². The number of likely N-dealkylation sites (tertiary alicyclic amines) is 1. The zero-order valence-electron chi connectivity index (χ0n) is 11.9. The first-order valence-corrected chi connectivity index (χ1v) is 7.06. The molecule has 1 aromatic carbocycles. The van der Waals surface area contributed by atoms with Crippen LogP contribution in [-0.2, 0) is 13.1 Å². The van der Waals surface area contributed by atoms with Crippen LogP contribution in [0.5, 0.6) is 5.75 Å². The Hall–Kier alpha value is -1.26. The molecule has 2 aliphatic heterocycles. The molecule has 104 valence electrons. The summed E-state index contributed by atoms with van der Waals surface area (Å²) in [7, 11) is 3.92. The number of hydrogen-bond donors (Lipinski definition) is 1. The Morgan fingerprint density at radius 1 is 1.21 bits per heavy atom. The van der Waals surface area contributed by atoms with Crippen molar-refractivity contribution in [1.82, 2.24) is 9.80 Å². The molecule has 4 nitrogen and oxygen atoms in total. The lowest BCUT2D eigenvalue weighted by atomic mass is 10.0. The molecule has 2 aliphatic rings. The number of piperidine rings is 1. The first-order valence-electron chi connectivity index (χ1n) is 7.06. The molecule has 0 amide bonds. The number of nitrogen functional groups attached to an aromatic ring is 1. The van der Waals surface area contributed by atoms with E-state index in [9.17, 15) is 0 Å². The molecular weight excluding hydrogens is 238 g/mol. The molecule has 19 heavy (non-hydrogen) atoms. The third-order valence-corrected chi connectivity index (χ3v) is 4.53. The molecule has 1 fully saturated rings. The van der Waals surface area contributed by atoms with Gasteiger partial charge in [-0.3, -0.25) is 4.90 Å². The molecule has 1 aromatic rings. The largest absolute Gasteiger partial charge is 0.494 e. The van der Waals surface area contributed by atoms with Crippen LogP contribution in [0.1, 0.15) is 24.0 Å². The van der Waals surface area contributed by atoms with E-state index in [0.717, 1.165) is 24.5 Å². The Bertz CT molecular complexity index is 467. The molecule has 4 heteroatoms. The third kappa shape index (κ3) is 2.30. The zero-order chi connectivity index (χ0) is 13.4. The fourth-order valence-corrected chi connectivity index (χ4v) is 3.35. The number of fused-ring (bicyclic) bond motifs is 1. The van der Waals surface area contributed by atoms with Crippen molar-refractivity contribution in [3.63, 3.8) is 0 Å². The predicted octanol–water partition coefficient (Wildman–Crippen LogP) is 1.69. The van der Waals surface area contributed by atoms with E-state index in [1.54, 1.807) is 7.11 Å². The smallest absolute Gasteiger partial charge is 0.146 e. The SMILES string of the molecule is COc1c(N)ccc2c1CN(C1CCN(C)CC1)C2. The molecule has 0 aliphatic carbocycles. The van der Waals surface area contributed by atoms with Crippen LogP contribution < -0.4 is 10.5 Å². The quantitative estimate of drug-likeness (QED) is 0.823. The van der Waals surface area contributed by atoms with Crippen molar-refractivity contribution >= 4 is 5.69 Å². The summed E-state index contributed by atoms with van der Waals surface area (Å²) < 4.78 is 5.48. The van der Waals surface area contributed by atoms with Gasteiger partial charge in [-0.2, -0.15) is 0 Å². The summed E-state index contributed by atoms with van der Waals surface area (Å²) in [5.41, 5.74) is 9.42. The minimum atomic E-state index is 0.703. The van der Waals surface area contributed by atoms with Gasteiger partial charge in [-0.05, 0) is 44.6 Å². The van der Waals surface area contributed by atoms with E-state index in [4.69, 9.17) is 10.5 Å². The highest BCUT2D eigenvalue weighted by Crippen LogP contribution is 2.37. The first-order chi connectivity index (χ1) is 9.19. The second-order valence-corrected chi connectivity index (χ2v) is 5.77. The van der Waals surface area contributed by atoms with Crippen molar-refractivity contribution in [2.24, 2.45) is 0 Å². The van der Waals surface area contributed by atoms with E-state index in [0.29, 0.717) is 6.04 Å². The normalized spacial score (nSPS) is 21.6. The topological polar surface area (TPSA) is 41.7 Å². The Morgan fingerprint density at radius 2 is 1.95 bits per heavy atom. The second kappa shape index (κ2) is 5.02. The Labute approximate surface area is 115 Å². The molecule has 0 unspecified atom stereocenters. The predicted molar refractivity (Wildman–Crippen MR) is 77.2 cm³/mol. The van der Waals surface area contributed by atoms with Crippen LogP contribution in [0.2, 0.25) is 0 Å². The highest BCUT2D eigenvalue weighted by Gasteiger charge is 2.30. The standard InChI is InChI=1S/C15H23N3O/c1-17-7-5-12(6-8-17)18-9-11-3-4-14(16)15(19-2)13(11)10-18/h3-4,12H,5-10,16H2,1-2H3. The lowest BCUT2D eigenvalue weighted by Crippen LogP contribution is -2.41. The van der Waals surface area contributed by atoms with Crippen molar-refractivity contribution in [2.75, 3.05) is 33.0 Å². The van der Waals surface area contributed by atoms with Crippen LogP contribution in [-0.4, -0.2) is 43.1 Å². The summed E-state index contributed by atoms with van der Waals surface area (Å²) in [4.78, 5) is 5.00. The van der Waals surface area contributed by atoms with Gasteiger partial charge in [-0.25, -0.2) is 0 Å². The highest BCUT2D eigenvalue weighted by molar-refractivity contribution is 5.60. The molecule has 0 atom stereocenters. The summed E-state index contributed by atoms with van der Waals surface area (Å²) in [6.45, 7) is 4.44. The number of benzene rings is 1. The maximum atomic E-state index is 6.00. The number of methoxy groups -OCH3 is 1. The van der Waals surface area contributed by atoms with Crippen molar-refractivity contribution in [3.8, 4) is 5.75 Å². The monoisotopic (exact) mass is 261 g/mol. The van der Waals surface area contributed by atoms with Gasteiger partial charge in [0.1, 0.15) is 5.75 Å². The maximum absolute atomic E-state index is 6.00. The number of nitrogens with zero attached hydrogens (tertiary/aromatic N) is 2. The van der Waals surface area contributed by atoms with Crippen molar-refractivity contribution in [2.45, 2.75) is 32.0 Å². The summed E-state index contributed by atoms with van der Waals surface area (Å²) in [5.74, 6) is 0.882. The molecule has 1 saturated heterocycles. The van der Waals surface area contributed by atoms with E-state index < -0.39 is 0 Å². The lowest BCUT2D eigenvalue weighted by Gasteiger charge is -2.34. The highest BCUT2D eigenvalue weighted by atomic mass is 16.5. The molecule has 0 radical (unpaired) electrons. The number of hydrogen-bond acceptors (Lipinski definition) is 4. The van der Waals surface area contributed by atoms with E-state index >= 15 is 0 Å². The lowest BCUT2D eigenvalue weighted by molar-refractivity contribution is 0.119. The third-order valence-electron chi connectivity index (χ3n) is 4.53. The van der Waals surface area contributed by atoms with Crippen LogP contribution in [0, 0.1) is 0 Å². The van der Waals surface area contributed by atoms with Crippen LogP contribution in [0.25, 0.3) is 0 Å². The Balaban J connectivity index is 1.77. The van der Waals surface area contributed by atoms with Crippen molar-refractivity contribution in [3.05, 3.63) is 23.3 Å². The average molecular weight is 261 g/mol. The molecule has 0 bridgehead atoms.